The van der Waals surface area contributed by atoms with Gasteiger partial charge in [0.1, 0.15) is 11.9 Å². The number of aryl methyl sites for hydroxylation is 1. The van der Waals surface area contributed by atoms with Crippen molar-refractivity contribution >= 4 is 17.3 Å². The summed E-state index contributed by atoms with van der Waals surface area (Å²) >= 11 is 5.15. The van der Waals surface area contributed by atoms with Gasteiger partial charge in [0.15, 0.2) is 6.17 Å². The molecule has 0 saturated carbocycles. The van der Waals surface area contributed by atoms with Crippen molar-refractivity contribution in [2.45, 2.75) is 26.1 Å². The van der Waals surface area contributed by atoms with Crippen LogP contribution in [-0.4, -0.2) is 28.8 Å². The Hall–Kier alpha value is -1.75. The molecule has 0 fully saturated rings. The molecule has 2 rings (SSSR count). The molecule has 19 heavy (non-hydrogen) atoms. The Labute approximate surface area is 118 Å². The van der Waals surface area contributed by atoms with Gasteiger partial charge in [-0.1, -0.05) is 18.2 Å². The number of ether oxygens (including phenoxy) is 1. The fourth-order valence-electron chi connectivity index (χ4n) is 1.98. The summed E-state index contributed by atoms with van der Waals surface area (Å²) in [6.45, 7) is 8.35. The van der Waals surface area contributed by atoms with Crippen LogP contribution < -0.4 is 4.74 Å². The first-order chi connectivity index (χ1) is 9.11. The molecule has 4 nitrogen and oxygen atoms in total. The molecule has 2 atom stereocenters. The zero-order chi connectivity index (χ0) is 13.8. The predicted octanol–water partition coefficient (Wildman–Crippen LogP) is 3.33. The first-order valence-corrected chi connectivity index (χ1v) is 6.58. The average molecular weight is 275 g/mol. The average Bonchev–Trinajstić information content (AvgIpc) is 2.72. The van der Waals surface area contributed by atoms with Gasteiger partial charge in [-0.25, -0.2) is 0 Å². The Morgan fingerprint density at radius 1 is 1.58 bits per heavy atom. The quantitative estimate of drug-likeness (QED) is 0.611. The van der Waals surface area contributed by atoms with E-state index in [2.05, 4.69) is 16.8 Å². The van der Waals surface area contributed by atoms with E-state index in [1.165, 1.54) is 0 Å². The summed E-state index contributed by atoms with van der Waals surface area (Å²) in [5, 5.41) is 8.62. The molecule has 0 bridgehead atoms. The Balaban J connectivity index is 2.07. The lowest BCUT2D eigenvalue weighted by molar-refractivity contribution is 0.136. The maximum Gasteiger partial charge on any atom is 0.218 e. The fraction of sp³-hybridized carbons (Fsp3) is 0.357. The monoisotopic (exact) mass is 275 g/mol. The van der Waals surface area contributed by atoms with Crippen LogP contribution >= 0.6 is 12.2 Å². The van der Waals surface area contributed by atoms with Crippen molar-refractivity contribution in [1.29, 1.82) is 0 Å². The molecule has 0 aromatic heterocycles. The number of thiocarbonyl (C=S) groups is 1. The molecule has 0 saturated heterocycles. The molecular formula is C14H17N3OS. The van der Waals surface area contributed by atoms with Gasteiger partial charge in [0, 0.05) is 6.54 Å². The first-order valence-electron chi connectivity index (χ1n) is 6.17. The van der Waals surface area contributed by atoms with Gasteiger partial charge in [-0.3, -0.25) is 0 Å². The summed E-state index contributed by atoms with van der Waals surface area (Å²) in [5.41, 5.74) is 1.16. The minimum atomic E-state index is -0.189. The van der Waals surface area contributed by atoms with Crippen molar-refractivity contribution in [2.24, 2.45) is 10.2 Å². The van der Waals surface area contributed by atoms with E-state index in [1.54, 1.807) is 6.08 Å². The van der Waals surface area contributed by atoms with E-state index in [9.17, 15) is 0 Å². The minimum Gasteiger partial charge on any atom is -0.486 e. The molecule has 1 heterocycles. The lowest BCUT2D eigenvalue weighted by atomic mass is 10.2. The van der Waals surface area contributed by atoms with E-state index in [0.717, 1.165) is 11.3 Å². The summed E-state index contributed by atoms with van der Waals surface area (Å²) in [6, 6.07) is 7.94. The maximum absolute atomic E-state index is 5.91. The molecule has 0 radical (unpaired) electrons. The van der Waals surface area contributed by atoms with Crippen LogP contribution in [0.15, 0.2) is 47.1 Å². The van der Waals surface area contributed by atoms with E-state index in [-0.39, 0.29) is 12.3 Å². The molecule has 1 aliphatic rings. The normalized spacial score (nSPS) is 19.6. The van der Waals surface area contributed by atoms with Gasteiger partial charge < -0.3 is 9.64 Å². The number of benzene rings is 1. The van der Waals surface area contributed by atoms with Crippen molar-refractivity contribution in [1.82, 2.24) is 4.90 Å². The van der Waals surface area contributed by atoms with Crippen molar-refractivity contribution in [3.63, 3.8) is 0 Å². The van der Waals surface area contributed by atoms with Gasteiger partial charge in [-0.2, -0.15) is 5.11 Å². The number of hydrogen-bond acceptors (Lipinski definition) is 3. The topological polar surface area (TPSA) is 37.2 Å². The van der Waals surface area contributed by atoms with E-state index >= 15 is 0 Å². The third kappa shape index (κ3) is 3.17. The summed E-state index contributed by atoms with van der Waals surface area (Å²) in [6.07, 6.45) is 1.46. The smallest absolute Gasteiger partial charge is 0.218 e. The van der Waals surface area contributed by atoms with Crippen LogP contribution in [0, 0.1) is 6.92 Å². The summed E-state index contributed by atoms with van der Waals surface area (Å²) in [5.74, 6) is 0.832. The lowest BCUT2D eigenvalue weighted by Crippen LogP contribution is -2.42. The standard InChI is InChI=1S/C14H17N3OS/c1-4-8-17-13(15-16-14(17)19)11(3)18-12-7-5-6-10(2)9-12/h4-7,9,11,13H,1,8H2,2-3H3. The summed E-state index contributed by atoms with van der Waals surface area (Å²) in [4.78, 5) is 1.91. The molecule has 2 unspecified atom stereocenters. The lowest BCUT2D eigenvalue weighted by Gasteiger charge is -2.26. The van der Waals surface area contributed by atoms with Gasteiger partial charge in [-0.15, -0.1) is 11.7 Å². The molecule has 0 spiro atoms. The summed E-state index contributed by atoms with van der Waals surface area (Å²) < 4.78 is 5.91. The third-order valence-electron chi connectivity index (χ3n) is 2.88. The number of nitrogens with zero attached hydrogens (tertiary/aromatic N) is 3. The van der Waals surface area contributed by atoms with Crippen LogP contribution in [0.2, 0.25) is 0 Å². The maximum atomic E-state index is 5.91. The molecule has 100 valence electrons. The van der Waals surface area contributed by atoms with Crippen LogP contribution in [0.1, 0.15) is 12.5 Å². The van der Waals surface area contributed by atoms with Gasteiger partial charge in [0.05, 0.1) is 0 Å². The zero-order valence-electron chi connectivity index (χ0n) is 11.1. The Morgan fingerprint density at radius 3 is 3.05 bits per heavy atom. The zero-order valence-corrected chi connectivity index (χ0v) is 11.9. The van der Waals surface area contributed by atoms with Crippen molar-refractivity contribution < 1.29 is 4.74 Å². The van der Waals surface area contributed by atoms with Crippen LogP contribution in [-0.2, 0) is 0 Å². The molecule has 1 aliphatic heterocycles. The van der Waals surface area contributed by atoms with Gasteiger partial charge in [0.25, 0.3) is 0 Å². The second kappa shape index (κ2) is 5.93. The molecular weight excluding hydrogens is 258 g/mol. The van der Waals surface area contributed by atoms with Gasteiger partial charge in [-0.05, 0) is 43.8 Å². The first kappa shape index (κ1) is 13.7. The molecule has 1 aromatic rings. The van der Waals surface area contributed by atoms with Crippen LogP contribution in [0.4, 0.5) is 0 Å². The second-order valence-corrected chi connectivity index (χ2v) is 4.86. The number of rotatable bonds is 5. The highest BCUT2D eigenvalue weighted by Crippen LogP contribution is 2.21. The van der Waals surface area contributed by atoms with Crippen LogP contribution in [0.3, 0.4) is 0 Å². The Morgan fingerprint density at radius 2 is 2.37 bits per heavy atom. The van der Waals surface area contributed by atoms with Gasteiger partial charge >= 0.3 is 0 Å². The number of azo groups is 1. The van der Waals surface area contributed by atoms with Crippen LogP contribution in [0.25, 0.3) is 0 Å². The highest BCUT2D eigenvalue weighted by Gasteiger charge is 2.31. The van der Waals surface area contributed by atoms with E-state index in [4.69, 9.17) is 17.0 Å². The molecule has 0 aliphatic carbocycles. The largest absolute Gasteiger partial charge is 0.486 e. The predicted molar refractivity (Wildman–Crippen MR) is 79.4 cm³/mol. The Kier molecular flexibility index (Phi) is 4.27. The third-order valence-corrected chi connectivity index (χ3v) is 3.20. The second-order valence-electron chi connectivity index (χ2n) is 4.49. The highest BCUT2D eigenvalue weighted by atomic mass is 32.1. The highest BCUT2D eigenvalue weighted by molar-refractivity contribution is 7.80. The van der Waals surface area contributed by atoms with Gasteiger partial charge in [0.2, 0.25) is 5.11 Å². The van der Waals surface area contributed by atoms with Crippen molar-refractivity contribution in [3.8, 4) is 5.75 Å². The van der Waals surface area contributed by atoms with E-state index < -0.39 is 0 Å². The fourth-order valence-corrected chi connectivity index (χ4v) is 2.21. The molecule has 0 N–H and O–H groups in total. The van der Waals surface area contributed by atoms with E-state index in [0.29, 0.717) is 11.7 Å². The van der Waals surface area contributed by atoms with Crippen molar-refractivity contribution in [2.75, 3.05) is 6.54 Å². The van der Waals surface area contributed by atoms with Crippen molar-refractivity contribution in [3.05, 3.63) is 42.5 Å². The molecule has 0 amide bonds. The van der Waals surface area contributed by atoms with Crippen LogP contribution in [0.5, 0.6) is 5.75 Å². The summed E-state index contributed by atoms with van der Waals surface area (Å²) in [7, 11) is 0. The molecule has 5 heteroatoms. The Bertz CT molecular complexity index is 515. The van der Waals surface area contributed by atoms with E-state index in [1.807, 2.05) is 43.0 Å². The minimum absolute atomic E-state index is 0.133. The number of hydrogen-bond donors (Lipinski definition) is 0. The molecule has 1 aromatic carbocycles. The SMILES string of the molecule is C=CCN1C(=S)N=NC1C(C)Oc1cccc(C)c1.